The maximum atomic E-state index is 5.87. The Morgan fingerprint density at radius 3 is 2.60 bits per heavy atom. The smallest absolute Gasteiger partial charge is 0.141 e. The highest BCUT2D eigenvalue weighted by Gasteiger charge is 2.16. The van der Waals surface area contributed by atoms with Crippen LogP contribution in [0.3, 0.4) is 0 Å². The van der Waals surface area contributed by atoms with Gasteiger partial charge in [0.2, 0.25) is 0 Å². The Labute approximate surface area is 98.8 Å². The Morgan fingerprint density at radius 2 is 1.93 bits per heavy atom. The average Bonchev–Trinajstić information content (AvgIpc) is 2.24. The van der Waals surface area contributed by atoms with Gasteiger partial charge in [-0.3, -0.25) is 5.43 Å². The van der Waals surface area contributed by atoms with Gasteiger partial charge in [-0.25, -0.2) is 0 Å². The summed E-state index contributed by atoms with van der Waals surface area (Å²) in [5.74, 6) is 0. The van der Waals surface area contributed by atoms with Gasteiger partial charge in [-0.1, -0.05) is 30.3 Å². The molecule has 1 aliphatic rings. The van der Waals surface area contributed by atoms with Gasteiger partial charge in [0, 0.05) is 5.56 Å². The Bertz CT molecular complexity index is 427. The van der Waals surface area contributed by atoms with Gasteiger partial charge in [-0.2, -0.15) is 0 Å². The van der Waals surface area contributed by atoms with Crippen LogP contribution in [0.2, 0.25) is 0 Å². The van der Waals surface area contributed by atoms with Crippen LogP contribution in [0.5, 0.6) is 0 Å². The molecular formula is C9H10N4S2. The molecule has 1 aromatic rings. The number of nitrogens with two attached hydrogens (primary N) is 1. The lowest BCUT2D eigenvalue weighted by atomic mass is 10.1. The van der Waals surface area contributed by atoms with Crippen molar-refractivity contribution in [2.45, 2.75) is 0 Å². The first kappa shape index (κ1) is 10.3. The quantitative estimate of drug-likeness (QED) is 0.557. The van der Waals surface area contributed by atoms with Gasteiger partial charge in [-0.05, 0) is 12.8 Å². The largest absolute Gasteiger partial charge is 0.395 e. The van der Waals surface area contributed by atoms with Crippen LogP contribution >= 0.6 is 25.4 Å². The highest BCUT2D eigenvalue weighted by molar-refractivity contribution is 7.97. The van der Waals surface area contributed by atoms with Crippen molar-refractivity contribution < 1.29 is 0 Å². The predicted molar refractivity (Wildman–Crippen MR) is 67.9 cm³/mol. The molecule has 4 nitrogen and oxygen atoms in total. The van der Waals surface area contributed by atoms with Gasteiger partial charge in [-0.15, -0.1) is 22.3 Å². The molecule has 2 rings (SSSR count). The molecule has 1 heterocycles. The molecule has 0 bridgehead atoms. The lowest BCUT2D eigenvalue weighted by Crippen LogP contribution is -2.33. The first-order valence-electron chi connectivity index (χ1n) is 4.27. The summed E-state index contributed by atoms with van der Waals surface area (Å²) in [4.78, 5) is 0. The van der Waals surface area contributed by atoms with Crippen molar-refractivity contribution in [2.75, 3.05) is 0 Å². The van der Waals surface area contributed by atoms with Crippen molar-refractivity contribution in [3.05, 3.63) is 41.6 Å². The van der Waals surface area contributed by atoms with Crippen LogP contribution in [0, 0.1) is 0 Å². The van der Waals surface area contributed by atoms with Crippen molar-refractivity contribution >= 4 is 36.2 Å². The Morgan fingerprint density at radius 1 is 1.27 bits per heavy atom. The van der Waals surface area contributed by atoms with E-state index in [9.17, 15) is 0 Å². The van der Waals surface area contributed by atoms with Crippen molar-refractivity contribution in [2.24, 2.45) is 10.8 Å². The van der Waals surface area contributed by atoms with Crippen LogP contribution in [0.25, 0.3) is 5.70 Å². The third-order valence-corrected chi connectivity index (χ3v) is 2.49. The van der Waals surface area contributed by atoms with Crippen molar-refractivity contribution in [1.29, 1.82) is 0 Å². The first-order valence-corrected chi connectivity index (χ1v) is 5.12. The number of thiol groups is 2. The molecule has 1 aliphatic heterocycles. The summed E-state index contributed by atoms with van der Waals surface area (Å²) in [5.41, 5.74) is 11.0. The molecule has 0 fully saturated rings. The van der Waals surface area contributed by atoms with Gasteiger partial charge in [0.05, 0.1) is 11.4 Å². The molecule has 0 spiro atoms. The van der Waals surface area contributed by atoms with Crippen LogP contribution in [-0.4, -0.2) is 9.57 Å². The second kappa shape index (κ2) is 4.08. The van der Waals surface area contributed by atoms with Crippen molar-refractivity contribution in [3.63, 3.8) is 0 Å². The molecule has 0 radical (unpaired) electrons. The summed E-state index contributed by atoms with van der Waals surface area (Å²) in [6, 6.07) is 9.71. The molecule has 0 atom stereocenters. The fourth-order valence-corrected chi connectivity index (χ4v) is 1.73. The fourth-order valence-electron chi connectivity index (χ4n) is 1.27. The molecule has 15 heavy (non-hydrogen) atoms. The summed E-state index contributed by atoms with van der Waals surface area (Å²) >= 11 is 8.23. The molecule has 0 saturated heterocycles. The summed E-state index contributed by atoms with van der Waals surface area (Å²) in [6.07, 6.45) is 0. The van der Waals surface area contributed by atoms with Gasteiger partial charge in [0.15, 0.2) is 0 Å². The number of benzene rings is 1. The molecule has 6 heteroatoms. The topological polar surface area (TPSA) is 53.6 Å². The van der Waals surface area contributed by atoms with E-state index >= 15 is 0 Å². The zero-order chi connectivity index (χ0) is 10.8. The van der Waals surface area contributed by atoms with Crippen molar-refractivity contribution in [3.8, 4) is 0 Å². The van der Waals surface area contributed by atoms with Crippen LogP contribution in [0.1, 0.15) is 5.56 Å². The highest BCUT2D eigenvalue weighted by atomic mass is 32.1. The molecule has 78 valence electrons. The monoisotopic (exact) mass is 238 g/mol. The first-order chi connectivity index (χ1) is 7.18. The third-order valence-electron chi connectivity index (χ3n) is 1.97. The lowest BCUT2D eigenvalue weighted by molar-refractivity contribution is 0.446. The minimum atomic E-state index is 0.447. The molecule has 0 aliphatic carbocycles. The highest BCUT2D eigenvalue weighted by Crippen LogP contribution is 2.20. The van der Waals surface area contributed by atoms with Crippen molar-refractivity contribution in [1.82, 2.24) is 9.95 Å². The van der Waals surface area contributed by atoms with Gasteiger partial charge >= 0.3 is 0 Å². The summed E-state index contributed by atoms with van der Waals surface area (Å²) in [5, 5.41) is 4.37. The number of nitrogens with zero attached hydrogens (tertiary/aromatic N) is 2. The lowest BCUT2D eigenvalue weighted by Gasteiger charge is -2.23. The minimum Gasteiger partial charge on any atom is -0.395 e. The van der Waals surface area contributed by atoms with E-state index in [1.807, 2.05) is 30.3 Å². The minimum absolute atomic E-state index is 0.447. The standard InChI is InChI=1S/C9H10N4S2/c10-7-8(6-4-2-1-3-5-6)11-13(15)12-9(7)14/h1-5,11,15H,10H2,(H,12,14). The zero-order valence-electron chi connectivity index (χ0n) is 7.75. The maximum absolute atomic E-state index is 5.87. The van der Waals surface area contributed by atoms with E-state index in [0.29, 0.717) is 10.7 Å². The van der Waals surface area contributed by atoms with Crippen LogP contribution in [0.15, 0.2) is 41.1 Å². The van der Waals surface area contributed by atoms with E-state index < -0.39 is 0 Å². The number of hydrogen-bond acceptors (Lipinski definition) is 5. The number of nitrogens with one attached hydrogen (secondary N) is 1. The molecule has 0 unspecified atom stereocenters. The summed E-state index contributed by atoms with van der Waals surface area (Å²) < 4.78 is 1.28. The van der Waals surface area contributed by atoms with E-state index in [2.05, 4.69) is 36.0 Å². The van der Waals surface area contributed by atoms with E-state index in [-0.39, 0.29) is 0 Å². The van der Waals surface area contributed by atoms with Crippen LogP contribution in [-0.2, 0) is 0 Å². The van der Waals surface area contributed by atoms with Gasteiger partial charge in [0.25, 0.3) is 0 Å². The second-order valence-electron chi connectivity index (χ2n) is 2.98. The van der Waals surface area contributed by atoms with Crippen LogP contribution < -0.4 is 11.2 Å². The molecule has 0 aromatic heterocycles. The Kier molecular flexibility index (Phi) is 2.79. The summed E-state index contributed by atoms with van der Waals surface area (Å²) in [6.45, 7) is 0. The van der Waals surface area contributed by atoms with Gasteiger partial charge in [0.1, 0.15) is 5.04 Å². The number of hydrazine groups is 1. The fraction of sp³-hybridized carbons (Fsp3) is 0. The second-order valence-corrected chi connectivity index (χ2v) is 3.78. The zero-order valence-corrected chi connectivity index (χ0v) is 9.54. The Hall–Kier alpha value is -1.27. The SMILES string of the molecule is NC1=C(c2ccccc2)NN(S)N=C1S. The normalized spacial score (nSPS) is 16.1. The number of hydrogen-bond donors (Lipinski definition) is 4. The number of rotatable bonds is 1. The Balaban J connectivity index is 2.45. The molecule has 3 N–H and O–H groups in total. The molecule has 0 amide bonds. The molecule has 0 saturated carbocycles. The predicted octanol–water partition coefficient (Wildman–Crippen LogP) is 1.22. The van der Waals surface area contributed by atoms with E-state index in [1.54, 1.807) is 0 Å². The van der Waals surface area contributed by atoms with E-state index in [0.717, 1.165) is 11.3 Å². The summed E-state index contributed by atoms with van der Waals surface area (Å²) in [7, 11) is 0. The third kappa shape index (κ3) is 2.05. The van der Waals surface area contributed by atoms with Crippen LogP contribution in [0.4, 0.5) is 0 Å². The van der Waals surface area contributed by atoms with E-state index in [1.165, 1.54) is 4.52 Å². The molecule has 1 aromatic carbocycles. The number of hydrazone groups is 1. The maximum Gasteiger partial charge on any atom is 0.141 e. The van der Waals surface area contributed by atoms with Gasteiger partial charge < -0.3 is 5.73 Å². The average molecular weight is 238 g/mol. The molecular weight excluding hydrogens is 228 g/mol. The van der Waals surface area contributed by atoms with E-state index in [4.69, 9.17) is 5.73 Å².